The number of hydrogen-bond donors (Lipinski definition) is 1. The first-order valence-corrected chi connectivity index (χ1v) is 8.38. The number of carbonyl (C=O) groups excluding carboxylic acids is 1. The molecule has 0 aliphatic heterocycles. The van der Waals surface area contributed by atoms with Gasteiger partial charge in [-0.3, -0.25) is 4.79 Å². The number of para-hydroxylation sites is 1. The number of aromatic nitrogens is 3. The Bertz CT molecular complexity index is 1120. The second-order valence-electron chi connectivity index (χ2n) is 6.21. The lowest BCUT2D eigenvalue weighted by atomic mass is 9.95. The van der Waals surface area contributed by atoms with Crippen LogP contribution in [0.4, 0.5) is 0 Å². The largest absolute Gasteiger partial charge is 0.366 e. The van der Waals surface area contributed by atoms with Gasteiger partial charge in [-0.25, -0.2) is 9.67 Å². The quantitative estimate of drug-likeness (QED) is 0.615. The monoisotopic (exact) mass is 342 g/mol. The number of nitrogens with two attached hydrogens (primary N) is 1. The third-order valence-corrected chi connectivity index (χ3v) is 4.48. The molecule has 0 atom stereocenters. The Morgan fingerprint density at radius 2 is 1.54 bits per heavy atom. The molecular formula is C21H18N4O. The summed E-state index contributed by atoms with van der Waals surface area (Å²) in [6, 6.07) is 19.6. The van der Waals surface area contributed by atoms with Gasteiger partial charge in [-0.15, -0.1) is 0 Å². The summed E-state index contributed by atoms with van der Waals surface area (Å²) in [7, 11) is 0. The number of benzene rings is 2. The van der Waals surface area contributed by atoms with Crippen LogP contribution in [0.3, 0.4) is 0 Å². The average Bonchev–Trinajstić information content (AvgIpc) is 2.98. The van der Waals surface area contributed by atoms with Crippen molar-refractivity contribution in [3.63, 3.8) is 0 Å². The van der Waals surface area contributed by atoms with Crippen LogP contribution in [0.25, 0.3) is 27.8 Å². The maximum absolute atomic E-state index is 12.2. The highest BCUT2D eigenvalue weighted by atomic mass is 16.1. The molecule has 0 aliphatic rings. The van der Waals surface area contributed by atoms with Crippen LogP contribution in [0.15, 0.2) is 60.7 Å². The second-order valence-corrected chi connectivity index (χ2v) is 6.21. The molecular weight excluding hydrogens is 324 g/mol. The molecule has 0 saturated carbocycles. The highest BCUT2D eigenvalue weighted by Gasteiger charge is 2.23. The molecule has 128 valence electrons. The van der Waals surface area contributed by atoms with Gasteiger partial charge in [0.25, 0.3) is 5.91 Å². The molecule has 2 aromatic heterocycles. The zero-order valence-electron chi connectivity index (χ0n) is 14.6. The molecule has 26 heavy (non-hydrogen) atoms. The zero-order chi connectivity index (χ0) is 18.3. The smallest absolute Gasteiger partial charge is 0.251 e. The van der Waals surface area contributed by atoms with Crippen LogP contribution >= 0.6 is 0 Å². The van der Waals surface area contributed by atoms with Gasteiger partial charge in [0, 0.05) is 5.56 Å². The normalized spacial score (nSPS) is 11.0. The second kappa shape index (κ2) is 6.11. The van der Waals surface area contributed by atoms with Crippen molar-refractivity contribution in [2.45, 2.75) is 13.8 Å². The molecule has 2 heterocycles. The first kappa shape index (κ1) is 16.0. The summed E-state index contributed by atoms with van der Waals surface area (Å²) < 4.78 is 1.81. The summed E-state index contributed by atoms with van der Waals surface area (Å²) in [5, 5.41) is 5.54. The Labute approximate surface area is 151 Å². The van der Waals surface area contributed by atoms with Crippen LogP contribution in [0.2, 0.25) is 0 Å². The summed E-state index contributed by atoms with van der Waals surface area (Å²) in [4.78, 5) is 16.9. The fourth-order valence-corrected chi connectivity index (χ4v) is 3.38. The van der Waals surface area contributed by atoms with Gasteiger partial charge in [-0.05, 0) is 31.5 Å². The molecule has 4 aromatic rings. The van der Waals surface area contributed by atoms with Gasteiger partial charge in [-0.1, -0.05) is 48.5 Å². The van der Waals surface area contributed by atoms with Crippen molar-refractivity contribution in [3.8, 4) is 16.8 Å². The average molecular weight is 342 g/mol. The number of pyridine rings is 1. The predicted molar refractivity (Wildman–Crippen MR) is 102 cm³/mol. The predicted octanol–water partition coefficient (Wildman–Crippen LogP) is 3.80. The number of fused-ring (bicyclic) bond motifs is 1. The van der Waals surface area contributed by atoms with Gasteiger partial charge >= 0.3 is 0 Å². The van der Waals surface area contributed by atoms with E-state index in [4.69, 9.17) is 5.73 Å². The van der Waals surface area contributed by atoms with Gasteiger partial charge in [-0.2, -0.15) is 5.10 Å². The molecule has 5 heteroatoms. The fraction of sp³-hybridized carbons (Fsp3) is 0.0952. The van der Waals surface area contributed by atoms with E-state index in [0.29, 0.717) is 11.3 Å². The summed E-state index contributed by atoms with van der Waals surface area (Å²) in [5.74, 6) is -0.484. The SMILES string of the molecule is Cc1nc2c(c(C)nn2-c2ccccc2)c(-c2ccccc2)c1C(N)=O. The lowest BCUT2D eigenvalue weighted by Gasteiger charge is -2.12. The van der Waals surface area contributed by atoms with Crippen LogP contribution in [-0.4, -0.2) is 20.7 Å². The van der Waals surface area contributed by atoms with Crippen LogP contribution in [0.5, 0.6) is 0 Å². The van der Waals surface area contributed by atoms with Gasteiger partial charge in [0.1, 0.15) is 0 Å². The number of primary amides is 1. The Balaban J connectivity index is 2.15. The van der Waals surface area contributed by atoms with E-state index in [1.165, 1.54) is 0 Å². The van der Waals surface area contributed by atoms with Crippen LogP contribution in [0.1, 0.15) is 21.7 Å². The van der Waals surface area contributed by atoms with Gasteiger partial charge < -0.3 is 5.73 Å². The summed E-state index contributed by atoms with van der Waals surface area (Å²) in [6.07, 6.45) is 0. The van der Waals surface area contributed by atoms with Gasteiger partial charge in [0.15, 0.2) is 5.65 Å². The van der Waals surface area contributed by atoms with Crippen molar-refractivity contribution in [3.05, 3.63) is 77.6 Å². The number of nitrogens with zero attached hydrogens (tertiary/aromatic N) is 3. The van der Waals surface area contributed by atoms with E-state index in [9.17, 15) is 4.79 Å². The summed E-state index contributed by atoms with van der Waals surface area (Å²) in [6.45, 7) is 3.74. The Kier molecular flexibility index (Phi) is 3.77. The maximum Gasteiger partial charge on any atom is 0.251 e. The molecule has 5 nitrogen and oxygen atoms in total. The third-order valence-electron chi connectivity index (χ3n) is 4.48. The van der Waals surface area contributed by atoms with Crippen molar-refractivity contribution in [1.29, 1.82) is 0 Å². The molecule has 0 aliphatic carbocycles. The van der Waals surface area contributed by atoms with Crippen LogP contribution < -0.4 is 5.73 Å². The van der Waals surface area contributed by atoms with E-state index in [0.717, 1.165) is 33.5 Å². The third kappa shape index (κ3) is 2.45. The number of aryl methyl sites for hydroxylation is 2. The highest BCUT2D eigenvalue weighted by molar-refractivity contribution is 6.09. The van der Waals surface area contributed by atoms with Crippen molar-refractivity contribution in [2.24, 2.45) is 5.73 Å². The minimum atomic E-state index is -0.484. The molecule has 0 bridgehead atoms. The van der Waals surface area contributed by atoms with E-state index in [1.54, 1.807) is 0 Å². The standard InChI is InChI=1S/C21H18N4O/c1-13-17(20(22)26)19(15-9-5-3-6-10-15)18-14(2)24-25(21(18)23-13)16-11-7-4-8-12-16/h3-12H,1-2H3,(H2,22,26). The molecule has 2 N–H and O–H groups in total. The first-order valence-electron chi connectivity index (χ1n) is 8.38. The van der Waals surface area contributed by atoms with E-state index in [1.807, 2.05) is 79.2 Å². The Morgan fingerprint density at radius 1 is 0.923 bits per heavy atom. The first-order chi connectivity index (χ1) is 12.6. The van der Waals surface area contributed by atoms with Crippen molar-refractivity contribution in [2.75, 3.05) is 0 Å². The molecule has 2 aromatic carbocycles. The van der Waals surface area contributed by atoms with E-state index < -0.39 is 5.91 Å². The van der Waals surface area contributed by atoms with E-state index in [-0.39, 0.29) is 0 Å². The molecule has 1 amide bonds. The number of carbonyl (C=O) groups is 1. The van der Waals surface area contributed by atoms with Crippen LogP contribution in [0, 0.1) is 13.8 Å². The zero-order valence-corrected chi connectivity index (χ0v) is 14.6. The minimum Gasteiger partial charge on any atom is -0.366 e. The number of amides is 1. The van der Waals surface area contributed by atoms with Gasteiger partial charge in [0.2, 0.25) is 0 Å². The molecule has 4 rings (SSSR count). The van der Waals surface area contributed by atoms with E-state index >= 15 is 0 Å². The molecule has 0 saturated heterocycles. The topological polar surface area (TPSA) is 73.8 Å². The molecule has 0 radical (unpaired) electrons. The van der Waals surface area contributed by atoms with Crippen molar-refractivity contribution in [1.82, 2.24) is 14.8 Å². The summed E-state index contributed by atoms with van der Waals surface area (Å²) in [5.41, 5.74) is 10.9. The molecule has 0 spiro atoms. The Hall–Kier alpha value is -3.47. The van der Waals surface area contributed by atoms with E-state index in [2.05, 4.69) is 10.1 Å². The lowest BCUT2D eigenvalue weighted by Crippen LogP contribution is -2.16. The van der Waals surface area contributed by atoms with Crippen molar-refractivity contribution < 1.29 is 4.79 Å². The number of hydrogen-bond acceptors (Lipinski definition) is 3. The van der Waals surface area contributed by atoms with Gasteiger partial charge in [0.05, 0.1) is 28.0 Å². The van der Waals surface area contributed by atoms with Crippen LogP contribution in [-0.2, 0) is 0 Å². The molecule has 0 fully saturated rings. The molecule has 0 unspecified atom stereocenters. The van der Waals surface area contributed by atoms with Crippen molar-refractivity contribution >= 4 is 16.9 Å². The highest BCUT2D eigenvalue weighted by Crippen LogP contribution is 2.35. The fourth-order valence-electron chi connectivity index (χ4n) is 3.38. The lowest BCUT2D eigenvalue weighted by molar-refractivity contribution is 0.1000. The maximum atomic E-state index is 12.2. The number of rotatable bonds is 3. The minimum absolute atomic E-state index is 0.444. The summed E-state index contributed by atoms with van der Waals surface area (Å²) >= 11 is 0. The Morgan fingerprint density at radius 3 is 2.15 bits per heavy atom.